The standard InChI is InChI=1S/C14H18N4/c15-9-12-6-7-14-16-13(17-18(14)10-12)8-11-4-2-1-3-5-11/h1-5,12H,6-10,15H2. The summed E-state index contributed by atoms with van der Waals surface area (Å²) < 4.78 is 2.04. The highest BCUT2D eigenvalue weighted by Crippen LogP contribution is 2.18. The molecule has 0 saturated heterocycles. The summed E-state index contributed by atoms with van der Waals surface area (Å²) in [6.07, 6.45) is 2.96. The lowest BCUT2D eigenvalue weighted by molar-refractivity contribution is 0.349. The van der Waals surface area contributed by atoms with Crippen molar-refractivity contribution in [1.29, 1.82) is 0 Å². The number of hydrogen-bond donors (Lipinski definition) is 1. The van der Waals surface area contributed by atoms with Crippen molar-refractivity contribution in [2.45, 2.75) is 25.8 Å². The van der Waals surface area contributed by atoms with E-state index >= 15 is 0 Å². The van der Waals surface area contributed by atoms with E-state index in [0.717, 1.165) is 44.0 Å². The Labute approximate surface area is 107 Å². The van der Waals surface area contributed by atoms with E-state index in [9.17, 15) is 0 Å². The van der Waals surface area contributed by atoms with E-state index in [-0.39, 0.29) is 0 Å². The average Bonchev–Trinajstić information content (AvgIpc) is 2.80. The van der Waals surface area contributed by atoms with Gasteiger partial charge in [-0.3, -0.25) is 0 Å². The first-order chi connectivity index (χ1) is 8.85. The van der Waals surface area contributed by atoms with Crippen LogP contribution in [0.4, 0.5) is 0 Å². The fraction of sp³-hybridized carbons (Fsp3) is 0.429. The van der Waals surface area contributed by atoms with Crippen LogP contribution in [0, 0.1) is 5.92 Å². The summed E-state index contributed by atoms with van der Waals surface area (Å²) >= 11 is 0. The van der Waals surface area contributed by atoms with Crippen LogP contribution in [0.5, 0.6) is 0 Å². The van der Waals surface area contributed by atoms with E-state index in [0.29, 0.717) is 5.92 Å². The zero-order valence-electron chi connectivity index (χ0n) is 10.4. The number of aryl methyl sites for hydroxylation is 1. The molecule has 0 fully saturated rings. The lowest BCUT2D eigenvalue weighted by Crippen LogP contribution is -2.27. The summed E-state index contributed by atoms with van der Waals surface area (Å²) in [5.41, 5.74) is 6.99. The molecule has 2 heterocycles. The third-order valence-electron chi connectivity index (χ3n) is 3.54. The molecule has 4 heteroatoms. The molecule has 2 aromatic rings. The Morgan fingerprint density at radius 1 is 1.28 bits per heavy atom. The largest absolute Gasteiger partial charge is 0.330 e. The second-order valence-corrected chi connectivity index (χ2v) is 4.93. The van der Waals surface area contributed by atoms with Crippen LogP contribution in [-0.4, -0.2) is 21.3 Å². The van der Waals surface area contributed by atoms with Gasteiger partial charge in [0.1, 0.15) is 5.82 Å². The minimum Gasteiger partial charge on any atom is -0.330 e. The van der Waals surface area contributed by atoms with Crippen molar-refractivity contribution < 1.29 is 0 Å². The highest BCUT2D eigenvalue weighted by molar-refractivity contribution is 5.18. The van der Waals surface area contributed by atoms with Gasteiger partial charge in [0.15, 0.2) is 5.82 Å². The smallest absolute Gasteiger partial charge is 0.155 e. The van der Waals surface area contributed by atoms with E-state index in [4.69, 9.17) is 5.73 Å². The first-order valence-electron chi connectivity index (χ1n) is 6.51. The summed E-state index contributed by atoms with van der Waals surface area (Å²) in [5, 5.41) is 4.59. The predicted octanol–water partition coefficient (Wildman–Crippen LogP) is 1.39. The van der Waals surface area contributed by atoms with Gasteiger partial charge in [-0.15, -0.1) is 0 Å². The first-order valence-corrected chi connectivity index (χ1v) is 6.51. The van der Waals surface area contributed by atoms with Gasteiger partial charge in [-0.05, 0) is 24.4 Å². The molecular weight excluding hydrogens is 224 g/mol. The van der Waals surface area contributed by atoms with Crippen molar-refractivity contribution in [2.24, 2.45) is 11.7 Å². The van der Waals surface area contributed by atoms with Crippen molar-refractivity contribution in [3.05, 3.63) is 47.5 Å². The Morgan fingerprint density at radius 2 is 2.11 bits per heavy atom. The van der Waals surface area contributed by atoms with Gasteiger partial charge in [0.05, 0.1) is 0 Å². The van der Waals surface area contributed by atoms with Gasteiger partial charge in [0.2, 0.25) is 0 Å². The van der Waals surface area contributed by atoms with Crippen molar-refractivity contribution in [2.75, 3.05) is 6.54 Å². The van der Waals surface area contributed by atoms with Gasteiger partial charge in [0.25, 0.3) is 0 Å². The van der Waals surface area contributed by atoms with Crippen LogP contribution in [-0.2, 0) is 19.4 Å². The number of rotatable bonds is 3. The Balaban J connectivity index is 1.78. The van der Waals surface area contributed by atoms with Gasteiger partial charge >= 0.3 is 0 Å². The molecule has 1 atom stereocenters. The molecule has 1 aliphatic rings. The number of nitrogens with zero attached hydrogens (tertiary/aromatic N) is 3. The summed E-state index contributed by atoms with van der Waals surface area (Å²) in [7, 11) is 0. The summed E-state index contributed by atoms with van der Waals surface area (Å²) in [5.74, 6) is 2.60. The second-order valence-electron chi connectivity index (χ2n) is 4.93. The van der Waals surface area contributed by atoms with E-state index in [1.54, 1.807) is 0 Å². The van der Waals surface area contributed by atoms with Crippen molar-refractivity contribution in [3.63, 3.8) is 0 Å². The maximum Gasteiger partial charge on any atom is 0.155 e. The van der Waals surface area contributed by atoms with E-state index in [1.807, 2.05) is 10.7 Å². The molecule has 0 aliphatic carbocycles. The minimum atomic E-state index is 0.559. The molecule has 94 valence electrons. The van der Waals surface area contributed by atoms with E-state index in [2.05, 4.69) is 34.3 Å². The quantitative estimate of drug-likeness (QED) is 0.885. The lowest BCUT2D eigenvalue weighted by Gasteiger charge is -2.20. The summed E-state index contributed by atoms with van der Waals surface area (Å²) in [6, 6.07) is 10.4. The zero-order chi connectivity index (χ0) is 12.4. The van der Waals surface area contributed by atoms with Crippen molar-refractivity contribution >= 4 is 0 Å². The molecule has 1 unspecified atom stereocenters. The van der Waals surface area contributed by atoms with Crippen LogP contribution in [0.25, 0.3) is 0 Å². The van der Waals surface area contributed by atoms with Gasteiger partial charge in [-0.2, -0.15) is 5.10 Å². The Hall–Kier alpha value is -1.68. The fourth-order valence-corrected chi connectivity index (χ4v) is 2.47. The molecule has 0 saturated carbocycles. The molecule has 1 aromatic heterocycles. The second kappa shape index (κ2) is 4.90. The third kappa shape index (κ3) is 2.29. The molecule has 0 spiro atoms. The third-order valence-corrected chi connectivity index (χ3v) is 3.54. The molecule has 4 nitrogen and oxygen atoms in total. The van der Waals surface area contributed by atoms with Gasteiger partial charge in [0, 0.05) is 19.4 Å². The maximum atomic E-state index is 5.73. The van der Waals surface area contributed by atoms with Gasteiger partial charge < -0.3 is 5.73 Å². The predicted molar refractivity (Wildman–Crippen MR) is 70.1 cm³/mol. The molecule has 1 aliphatic heterocycles. The molecule has 1 aromatic carbocycles. The molecule has 18 heavy (non-hydrogen) atoms. The highest BCUT2D eigenvalue weighted by Gasteiger charge is 2.20. The number of hydrogen-bond acceptors (Lipinski definition) is 3. The monoisotopic (exact) mass is 242 g/mol. The van der Waals surface area contributed by atoms with Gasteiger partial charge in [-0.1, -0.05) is 30.3 Å². The Kier molecular flexibility index (Phi) is 3.11. The lowest BCUT2D eigenvalue weighted by atomic mass is 10.0. The fourth-order valence-electron chi connectivity index (χ4n) is 2.47. The summed E-state index contributed by atoms with van der Waals surface area (Å²) in [4.78, 5) is 4.63. The van der Waals surface area contributed by atoms with Crippen LogP contribution in [0.3, 0.4) is 0 Å². The Bertz CT molecular complexity index is 518. The summed E-state index contributed by atoms with van der Waals surface area (Å²) in [6.45, 7) is 1.67. The number of fused-ring (bicyclic) bond motifs is 1. The van der Waals surface area contributed by atoms with Crippen molar-refractivity contribution in [3.8, 4) is 0 Å². The first kappa shape index (κ1) is 11.4. The van der Waals surface area contributed by atoms with Crippen LogP contribution >= 0.6 is 0 Å². The molecule has 2 N–H and O–H groups in total. The number of nitrogens with two attached hydrogens (primary N) is 1. The highest BCUT2D eigenvalue weighted by atomic mass is 15.4. The number of benzene rings is 1. The zero-order valence-corrected chi connectivity index (χ0v) is 10.4. The normalized spacial score (nSPS) is 18.6. The van der Waals surface area contributed by atoms with Crippen molar-refractivity contribution in [1.82, 2.24) is 14.8 Å². The van der Waals surface area contributed by atoms with E-state index < -0.39 is 0 Å². The van der Waals surface area contributed by atoms with E-state index in [1.165, 1.54) is 5.56 Å². The topological polar surface area (TPSA) is 56.7 Å². The van der Waals surface area contributed by atoms with Crippen LogP contribution in [0.1, 0.15) is 23.6 Å². The Morgan fingerprint density at radius 3 is 2.89 bits per heavy atom. The molecule has 0 amide bonds. The SMILES string of the molecule is NCC1CCc2nc(Cc3ccccc3)nn2C1. The maximum absolute atomic E-state index is 5.73. The van der Waals surface area contributed by atoms with Gasteiger partial charge in [-0.25, -0.2) is 9.67 Å². The molecular formula is C14H18N4. The van der Waals surface area contributed by atoms with Crippen LogP contribution in [0.2, 0.25) is 0 Å². The average molecular weight is 242 g/mol. The minimum absolute atomic E-state index is 0.559. The molecule has 0 bridgehead atoms. The molecule has 0 radical (unpaired) electrons. The number of aromatic nitrogens is 3. The van der Waals surface area contributed by atoms with Crippen LogP contribution < -0.4 is 5.73 Å². The van der Waals surface area contributed by atoms with Crippen LogP contribution in [0.15, 0.2) is 30.3 Å². The molecule has 3 rings (SSSR count).